The molecule has 1 N–H and O–H groups in total. The van der Waals surface area contributed by atoms with Crippen molar-refractivity contribution < 1.29 is 27.5 Å². The molecular weight excluding hydrogens is 266 g/mol. The van der Waals surface area contributed by atoms with Crippen molar-refractivity contribution in [2.24, 2.45) is 0 Å². The minimum atomic E-state index is -5.49. The number of rotatable bonds is 5. The number of aliphatic hydroxyl groups is 1. The minimum absolute atomic E-state index is 0.0707. The van der Waals surface area contributed by atoms with Crippen LogP contribution in [0.5, 0.6) is 0 Å². The van der Waals surface area contributed by atoms with Crippen molar-refractivity contribution in [3.8, 4) is 0 Å². The van der Waals surface area contributed by atoms with Gasteiger partial charge in [-0.2, -0.15) is 13.2 Å². The molecule has 0 saturated heterocycles. The van der Waals surface area contributed by atoms with Gasteiger partial charge in [0.05, 0.1) is 0 Å². The van der Waals surface area contributed by atoms with Crippen molar-refractivity contribution in [3.63, 3.8) is 0 Å². The van der Waals surface area contributed by atoms with Crippen LogP contribution < -0.4 is 0 Å². The zero-order valence-electron chi connectivity index (χ0n) is 11.4. The topological polar surface area (TPSA) is 40.5 Å². The number of halogens is 4. The fraction of sp³-hybridized carbons (Fsp3) is 0.750. The number of hydrogen-bond acceptors (Lipinski definition) is 2. The highest BCUT2D eigenvalue weighted by Gasteiger charge is 2.67. The molecule has 0 aliphatic heterocycles. The van der Waals surface area contributed by atoms with E-state index in [4.69, 9.17) is 0 Å². The molecule has 0 aromatic carbocycles. The Labute approximate surface area is 109 Å². The standard InChI is InChI=1S/C12H19F4NO2/c1-5-8(4)9(18)11(13,12(14,15)16)10(19)17(6-2)7-3/h5,9,18H,6-7H2,1-4H3/b8-5+/t9-,11-/m1/s1. The number of allylic oxidation sites excluding steroid dienone is 1. The van der Waals surface area contributed by atoms with Crippen LogP contribution in [0.1, 0.15) is 27.7 Å². The van der Waals surface area contributed by atoms with E-state index in [0.29, 0.717) is 4.90 Å². The highest BCUT2D eigenvalue weighted by molar-refractivity contribution is 5.87. The number of alkyl halides is 4. The first-order valence-corrected chi connectivity index (χ1v) is 5.93. The molecule has 0 unspecified atom stereocenters. The smallest absolute Gasteiger partial charge is 0.384 e. The summed E-state index contributed by atoms with van der Waals surface area (Å²) in [5.41, 5.74) is -4.57. The third-order valence-corrected chi connectivity index (χ3v) is 3.04. The fourth-order valence-corrected chi connectivity index (χ4v) is 1.61. The molecular formula is C12H19F4NO2. The lowest BCUT2D eigenvalue weighted by molar-refractivity contribution is -0.251. The fourth-order valence-electron chi connectivity index (χ4n) is 1.61. The first-order chi connectivity index (χ1) is 8.57. The predicted octanol–water partition coefficient (Wildman–Crippen LogP) is 2.45. The van der Waals surface area contributed by atoms with Gasteiger partial charge in [-0.15, -0.1) is 0 Å². The van der Waals surface area contributed by atoms with Gasteiger partial charge in [0, 0.05) is 13.1 Å². The van der Waals surface area contributed by atoms with Crippen LogP contribution in [0.2, 0.25) is 0 Å². The van der Waals surface area contributed by atoms with Crippen molar-refractivity contribution in [3.05, 3.63) is 11.6 Å². The highest BCUT2D eigenvalue weighted by atomic mass is 19.4. The zero-order chi connectivity index (χ0) is 15.4. The van der Waals surface area contributed by atoms with Crippen molar-refractivity contribution in [2.75, 3.05) is 13.1 Å². The van der Waals surface area contributed by atoms with Crippen LogP contribution in [-0.2, 0) is 4.79 Å². The first-order valence-electron chi connectivity index (χ1n) is 5.93. The van der Waals surface area contributed by atoms with Crippen LogP contribution in [-0.4, -0.2) is 47.0 Å². The normalized spacial score (nSPS) is 17.8. The number of aliphatic hydroxyl groups excluding tert-OH is 1. The summed E-state index contributed by atoms with van der Waals surface area (Å²) >= 11 is 0. The molecule has 112 valence electrons. The molecule has 7 heteroatoms. The number of amides is 1. The van der Waals surface area contributed by atoms with Gasteiger partial charge in [-0.05, 0) is 33.3 Å². The molecule has 1 amide bonds. The molecule has 0 heterocycles. The Morgan fingerprint density at radius 2 is 1.68 bits per heavy atom. The largest absolute Gasteiger partial charge is 0.434 e. The summed E-state index contributed by atoms with van der Waals surface area (Å²) < 4.78 is 53.1. The average Bonchev–Trinajstić information content (AvgIpc) is 2.35. The Morgan fingerprint density at radius 1 is 1.26 bits per heavy atom. The lowest BCUT2D eigenvalue weighted by atomic mass is 9.90. The molecule has 0 rings (SSSR count). The van der Waals surface area contributed by atoms with Gasteiger partial charge in [0.25, 0.3) is 5.91 Å². The van der Waals surface area contributed by atoms with E-state index >= 15 is 0 Å². The third kappa shape index (κ3) is 3.26. The van der Waals surface area contributed by atoms with Crippen LogP contribution in [0, 0.1) is 0 Å². The molecule has 0 radical (unpaired) electrons. The molecule has 0 spiro atoms. The summed E-state index contributed by atoms with van der Waals surface area (Å²) in [7, 11) is 0. The van der Waals surface area contributed by atoms with E-state index in [2.05, 4.69) is 0 Å². The number of carbonyl (C=O) groups excluding carboxylic acids is 1. The molecule has 0 aromatic heterocycles. The quantitative estimate of drug-likeness (QED) is 0.622. The Balaban J connectivity index is 5.75. The summed E-state index contributed by atoms with van der Waals surface area (Å²) in [6, 6.07) is 0. The van der Waals surface area contributed by atoms with Crippen LogP contribution >= 0.6 is 0 Å². The van der Waals surface area contributed by atoms with Crippen molar-refractivity contribution >= 4 is 5.91 Å². The molecule has 0 saturated carbocycles. The number of carbonyl (C=O) groups is 1. The van der Waals surface area contributed by atoms with Crippen LogP contribution in [0.4, 0.5) is 17.6 Å². The molecule has 3 nitrogen and oxygen atoms in total. The van der Waals surface area contributed by atoms with Crippen molar-refractivity contribution in [2.45, 2.75) is 45.6 Å². The average molecular weight is 285 g/mol. The van der Waals surface area contributed by atoms with E-state index in [1.165, 1.54) is 20.8 Å². The van der Waals surface area contributed by atoms with E-state index in [0.717, 1.165) is 13.0 Å². The van der Waals surface area contributed by atoms with Gasteiger partial charge in [0.2, 0.25) is 0 Å². The van der Waals surface area contributed by atoms with Gasteiger partial charge in [0.15, 0.2) is 0 Å². The lowest BCUT2D eigenvalue weighted by Crippen LogP contribution is -2.62. The second kappa shape index (κ2) is 6.36. The monoisotopic (exact) mass is 285 g/mol. The molecule has 19 heavy (non-hydrogen) atoms. The maximum Gasteiger partial charge on any atom is 0.434 e. The molecule has 0 bridgehead atoms. The molecule has 0 fully saturated rings. The number of nitrogens with zero attached hydrogens (tertiary/aromatic N) is 1. The zero-order valence-corrected chi connectivity index (χ0v) is 11.4. The summed E-state index contributed by atoms with van der Waals surface area (Å²) in [4.78, 5) is 12.5. The number of hydrogen-bond donors (Lipinski definition) is 1. The summed E-state index contributed by atoms with van der Waals surface area (Å²) in [6.45, 7) is 5.23. The van der Waals surface area contributed by atoms with Crippen molar-refractivity contribution in [1.82, 2.24) is 4.90 Å². The molecule has 0 aliphatic carbocycles. The Morgan fingerprint density at radius 3 is 1.95 bits per heavy atom. The van der Waals surface area contributed by atoms with E-state index in [1.54, 1.807) is 0 Å². The van der Waals surface area contributed by atoms with Gasteiger partial charge in [-0.1, -0.05) is 6.08 Å². The maximum absolute atomic E-state index is 14.3. The van der Waals surface area contributed by atoms with Gasteiger partial charge in [0.1, 0.15) is 6.10 Å². The molecule has 2 atom stereocenters. The SMILES string of the molecule is C/C=C(\C)[C@@H](O)[C@@](F)(C(=O)N(CC)CC)C(F)(F)F. The third-order valence-electron chi connectivity index (χ3n) is 3.04. The van der Waals surface area contributed by atoms with Crippen molar-refractivity contribution in [1.29, 1.82) is 0 Å². The lowest BCUT2D eigenvalue weighted by Gasteiger charge is -2.35. The maximum atomic E-state index is 14.3. The van der Waals surface area contributed by atoms with Crippen LogP contribution in [0.25, 0.3) is 0 Å². The Hall–Kier alpha value is -1.11. The molecule has 0 aliphatic rings. The van der Waals surface area contributed by atoms with Crippen LogP contribution in [0.3, 0.4) is 0 Å². The van der Waals surface area contributed by atoms with E-state index in [1.807, 2.05) is 0 Å². The molecule has 0 aromatic rings. The van der Waals surface area contributed by atoms with Gasteiger partial charge in [-0.25, -0.2) is 4.39 Å². The van der Waals surface area contributed by atoms with E-state index in [9.17, 15) is 27.5 Å². The predicted molar refractivity (Wildman–Crippen MR) is 63.3 cm³/mol. The summed E-state index contributed by atoms with van der Waals surface area (Å²) in [5.74, 6) is -1.77. The summed E-state index contributed by atoms with van der Waals surface area (Å²) in [6.07, 6.45) is -6.90. The second-order valence-corrected chi connectivity index (χ2v) is 4.12. The van der Waals surface area contributed by atoms with E-state index < -0.39 is 23.9 Å². The summed E-state index contributed by atoms with van der Waals surface area (Å²) in [5, 5.41) is 9.57. The minimum Gasteiger partial charge on any atom is -0.384 e. The van der Waals surface area contributed by atoms with E-state index in [-0.39, 0.29) is 18.7 Å². The van der Waals surface area contributed by atoms with Gasteiger partial charge in [-0.3, -0.25) is 4.79 Å². The Kier molecular flexibility index (Phi) is 5.99. The van der Waals surface area contributed by atoms with Gasteiger partial charge >= 0.3 is 11.8 Å². The first kappa shape index (κ1) is 17.9. The highest BCUT2D eigenvalue weighted by Crippen LogP contribution is 2.40. The van der Waals surface area contributed by atoms with Crippen LogP contribution in [0.15, 0.2) is 11.6 Å². The van der Waals surface area contributed by atoms with Gasteiger partial charge < -0.3 is 10.0 Å². The Bertz CT molecular complexity index is 350. The second-order valence-electron chi connectivity index (χ2n) is 4.12.